The summed E-state index contributed by atoms with van der Waals surface area (Å²) in [5.41, 5.74) is 11.1. The Labute approximate surface area is 137 Å². The van der Waals surface area contributed by atoms with Gasteiger partial charge in [0.1, 0.15) is 0 Å². The zero-order chi connectivity index (χ0) is 16.2. The van der Waals surface area contributed by atoms with Crippen LogP contribution in [-0.4, -0.2) is 5.71 Å². The maximum absolute atomic E-state index is 8.42. The van der Waals surface area contributed by atoms with E-state index < -0.39 is 0 Å². The van der Waals surface area contributed by atoms with E-state index in [2.05, 4.69) is 35.8 Å². The molecular formula is C18H27BrN2. The first-order valence-corrected chi connectivity index (χ1v) is 8.42. The molecule has 0 bridgehead atoms. The number of halogens is 1. The lowest BCUT2D eigenvalue weighted by Crippen LogP contribution is -2.25. The zero-order valence-corrected chi connectivity index (χ0v) is 15.4. The Morgan fingerprint density at radius 1 is 1.24 bits per heavy atom. The topological polar surface area (TPSA) is 49.9 Å². The quantitative estimate of drug-likeness (QED) is 0.672. The third-order valence-corrected chi connectivity index (χ3v) is 4.20. The summed E-state index contributed by atoms with van der Waals surface area (Å²) in [6.07, 6.45) is 2.89. The summed E-state index contributed by atoms with van der Waals surface area (Å²) < 4.78 is 1.02. The number of hydrogen-bond acceptors (Lipinski definition) is 2. The van der Waals surface area contributed by atoms with E-state index >= 15 is 0 Å². The lowest BCUT2D eigenvalue weighted by atomic mass is 9.75. The molecule has 0 radical (unpaired) electrons. The van der Waals surface area contributed by atoms with Crippen LogP contribution in [0.15, 0.2) is 33.9 Å². The fraction of sp³-hybridized carbons (Fsp3) is 0.500. The minimum atomic E-state index is 0.265. The Hall–Kier alpha value is -1.09. The van der Waals surface area contributed by atoms with Crippen LogP contribution in [0.4, 0.5) is 0 Å². The Balaban J connectivity index is 0.00000106. The molecule has 1 aliphatic carbocycles. The first-order chi connectivity index (χ1) is 9.78. The highest BCUT2D eigenvalue weighted by atomic mass is 79.9. The van der Waals surface area contributed by atoms with Gasteiger partial charge >= 0.3 is 0 Å². The molecular weight excluding hydrogens is 324 g/mol. The molecule has 1 aromatic carbocycles. The Morgan fingerprint density at radius 2 is 1.86 bits per heavy atom. The van der Waals surface area contributed by atoms with Crippen LogP contribution >= 0.6 is 15.9 Å². The molecule has 116 valence electrons. The molecule has 0 aliphatic heterocycles. The molecule has 0 unspecified atom stereocenters. The molecule has 1 aliphatic rings. The van der Waals surface area contributed by atoms with Crippen molar-refractivity contribution in [3.8, 4) is 0 Å². The molecule has 0 saturated carbocycles. The monoisotopic (exact) mass is 350 g/mol. The predicted octanol–water partition coefficient (Wildman–Crippen LogP) is 5.57. The fourth-order valence-corrected chi connectivity index (χ4v) is 3.28. The van der Waals surface area contributed by atoms with E-state index in [0.717, 1.165) is 46.1 Å². The number of nitrogens with two attached hydrogens (primary N) is 1. The van der Waals surface area contributed by atoms with E-state index in [1.165, 1.54) is 0 Å². The second-order valence-corrected chi connectivity index (χ2v) is 7.15. The van der Waals surface area contributed by atoms with Crippen LogP contribution in [0.3, 0.4) is 0 Å². The van der Waals surface area contributed by atoms with Crippen molar-refractivity contribution in [3.63, 3.8) is 0 Å². The van der Waals surface area contributed by atoms with Gasteiger partial charge in [-0.3, -0.25) is 5.41 Å². The second-order valence-electron chi connectivity index (χ2n) is 6.24. The van der Waals surface area contributed by atoms with Crippen LogP contribution in [0.5, 0.6) is 0 Å². The molecule has 0 aromatic heterocycles. The molecule has 21 heavy (non-hydrogen) atoms. The van der Waals surface area contributed by atoms with Gasteiger partial charge in [0.25, 0.3) is 0 Å². The van der Waals surface area contributed by atoms with Crippen LogP contribution in [0.2, 0.25) is 0 Å². The van der Waals surface area contributed by atoms with E-state index in [4.69, 9.17) is 11.1 Å². The summed E-state index contributed by atoms with van der Waals surface area (Å²) in [4.78, 5) is 0. The van der Waals surface area contributed by atoms with Gasteiger partial charge in [-0.1, -0.05) is 43.6 Å². The second kappa shape index (κ2) is 7.26. The van der Waals surface area contributed by atoms with Crippen molar-refractivity contribution in [1.82, 2.24) is 0 Å². The van der Waals surface area contributed by atoms with Crippen molar-refractivity contribution in [2.45, 2.75) is 53.9 Å². The molecule has 0 amide bonds. The maximum atomic E-state index is 8.42. The first kappa shape index (κ1) is 18.0. The summed E-state index contributed by atoms with van der Waals surface area (Å²) >= 11 is 3.49. The van der Waals surface area contributed by atoms with Crippen molar-refractivity contribution in [3.05, 3.63) is 45.1 Å². The SMILES string of the molecule is CC.Cc1cc(Br)cc(C(=N)C2=C(N)CC(C)(C)CC2)c1. The number of hydrogen-bond donors (Lipinski definition) is 2. The van der Waals surface area contributed by atoms with E-state index in [9.17, 15) is 0 Å². The molecule has 0 spiro atoms. The molecule has 0 heterocycles. The van der Waals surface area contributed by atoms with Crippen LogP contribution in [0.1, 0.15) is 58.1 Å². The summed E-state index contributed by atoms with van der Waals surface area (Å²) in [5.74, 6) is 0. The highest BCUT2D eigenvalue weighted by Crippen LogP contribution is 2.37. The molecule has 0 atom stereocenters. The van der Waals surface area contributed by atoms with Crippen molar-refractivity contribution in [2.24, 2.45) is 11.1 Å². The van der Waals surface area contributed by atoms with Crippen molar-refractivity contribution in [2.75, 3.05) is 0 Å². The zero-order valence-electron chi connectivity index (χ0n) is 13.8. The molecule has 1 aromatic rings. The third kappa shape index (κ3) is 4.70. The molecule has 0 fully saturated rings. The average molecular weight is 351 g/mol. The number of allylic oxidation sites excluding steroid dienone is 2. The average Bonchev–Trinajstić information content (AvgIpc) is 2.38. The lowest BCUT2D eigenvalue weighted by molar-refractivity contribution is 0.315. The molecule has 3 N–H and O–H groups in total. The first-order valence-electron chi connectivity index (χ1n) is 7.62. The molecule has 0 saturated heterocycles. The highest BCUT2D eigenvalue weighted by molar-refractivity contribution is 9.10. The van der Waals surface area contributed by atoms with Crippen molar-refractivity contribution in [1.29, 1.82) is 5.41 Å². The van der Waals surface area contributed by atoms with Gasteiger partial charge < -0.3 is 5.73 Å². The fourth-order valence-electron chi connectivity index (χ4n) is 2.68. The molecule has 2 nitrogen and oxygen atoms in total. The summed E-state index contributed by atoms with van der Waals surface area (Å²) in [6.45, 7) is 10.5. The highest BCUT2D eigenvalue weighted by Gasteiger charge is 2.27. The normalized spacial score (nSPS) is 17.0. The van der Waals surface area contributed by atoms with Crippen LogP contribution in [0, 0.1) is 17.7 Å². The van der Waals surface area contributed by atoms with Gasteiger partial charge in [0.2, 0.25) is 0 Å². The maximum Gasteiger partial charge on any atom is 0.0661 e. The number of aryl methyl sites for hydroxylation is 1. The molecule has 2 rings (SSSR count). The van der Waals surface area contributed by atoms with Gasteiger partial charge in [-0.05, 0) is 60.9 Å². The van der Waals surface area contributed by atoms with Gasteiger partial charge in [-0.25, -0.2) is 0 Å². The number of nitrogens with one attached hydrogen (secondary N) is 1. The van der Waals surface area contributed by atoms with Crippen molar-refractivity contribution >= 4 is 21.6 Å². The van der Waals surface area contributed by atoms with Crippen LogP contribution in [-0.2, 0) is 0 Å². The van der Waals surface area contributed by atoms with Crippen molar-refractivity contribution < 1.29 is 0 Å². The number of benzene rings is 1. The van der Waals surface area contributed by atoms with E-state index in [0.29, 0.717) is 5.71 Å². The molecule has 3 heteroatoms. The van der Waals surface area contributed by atoms with Gasteiger partial charge in [-0.15, -0.1) is 0 Å². The summed E-state index contributed by atoms with van der Waals surface area (Å²) in [6, 6.07) is 6.10. The third-order valence-electron chi connectivity index (χ3n) is 3.74. The smallest absolute Gasteiger partial charge is 0.0661 e. The lowest BCUT2D eigenvalue weighted by Gasteiger charge is -2.31. The van der Waals surface area contributed by atoms with E-state index in [1.807, 2.05) is 32.9 Å². The van der Waals surface area contributed by atoms with Gasteiger partial charge in [0.15, 0.2) is 0 Å². The minimum Gasteiger partial charge on any atom is -0.402 e. The largest absolute Gasteiger partial charge is 0.402 e. The van der Waals surface area contributed by atoms with Crippen LogP contribution in [0.25, 0.3) is 0 Å². The Kier molecular flexibility index (Phi) is 6.21. The summed E-state index contributed by atoms with van der Waals surface area (Å²) in [7, 11) is 0. The van der Waals surface area contributed by atoms with E-state index in [-0.39, 0.29) is 5.41 Å². The summed E-state index contributed by atoms with van der Waals surface area (Å²) in [5, 5.41) is 8.42. The Morgan fingerprint density at radius 3 is 2.38 bits per heavy atom. The van der Waals surface area contributed by atoms with Gasteiger partial charge in [-0.2, -0.15) is 0 Å². The Bertz CT molecular complexity index is 536. The predicted molar refractivity (Wildman–Crippen MR) is 95.9 cm³/mol. The number of rotatable bonds is 2. The van der Waals surface area contributed by atoms with Gasteiger partial charge in [0, 0.05) is 15.7 Å². The van der Waals surface area contributed by atoms with E-state index in [1.54, 1.807) is 0 Å². The van der Waals surface area contributed by atoms with Crippen LogP contribution < -0.4 is 5.73 Å². The minimum absolute atomic E-state index is 0.265. The standard InChI is InChI=1S/C16H21BrN2.C2H6/c1-10-6-11(8-12(17)7-10)15(19)13-4-5-16(2,3)9-14(13)18;1-2/h6-8,19H,4-5,9,18H2,1-3H3;1-2H3. The van der Waals surface area contributed by atoms with Gasteiger partial charge in [0.05, 0.1) is 5.71 Å².